The quantitative estimate of drug-likeness (QED) is 0.0239. The van der Waals surface area contributed by atoms with Gasteiger partial charge in [0.05, 0.1) is 6.61 Å². The number of benzene rings is 3. The normalized spacial score (nSPS) is 11.0. The molecule has 0 saturated carbocycles. The summed E-state index contributed by atoms with van der Waals surface area (Å²) < 4.78 is 53.0. The third kappa shape index (κ3) is 25.8. The van der Waals surface area contributed by atoms with Crippen molar-refractivity contribution in [1.82, 2.24) is 23.9 Å². The summed E-state index contributed by atoms with van der Waals surface area (Å²) in [4.78, 5) is 6.19. The predicted octanol–water partition coefficient (Wildman–Crippen LogP) is 25.4. The summed E-state index contributed by atoms with van der Waals surface area (Å²) in [5, 5.41) is 6.37. The van der Waals surface area contributed by atoms with Crippen molar-refractivity contribution in [2.75, 3.05) is 19.8 Å². The van der Waals surface area contributed by atoms with Crippen molar-refractivity contribution in [2.45, 2.75) is 196 Å². The molecule has 0 unspecified atom stereocenters. The summed E-state index contributed by atoms with van der Waals surface area (Å²) in [5.41, 5.74) is 13.4. The molecule has 0 amide bonds. The fourth-order valence-corrected chi connectivity index (χ4v) is 21.4. The number of aromatic nitrogens is 6. The summed E-state index contributed by atoms with van der Waals surface area (Å²) >= 11 is 26.0. The maximum atomic E-state index is 6.26. The Hall–Kier alpha value is -1.95. The number of rotatable bonds is 34. The van der Waals surface area contributed by atoms with Crippen LogP contribution in [0, 0.1) is 20.8 Å². The summed E-state index contributed by atoms with van der Waals surface area (Å²) in [7, 11) is 4.34. The number of unbranched alkanes of at least 4 members (excludes halogenated alkanes) is 21. The van der Waals surface area contributed by atoms with Gasteiger partial charge in [-0.05, 0) is 24.8 Å². The van der Waals surface area contributed by atoms with Crippen molar-refractivity contribution in [3.63, 3.8) is 0 Å². The minimum absolute atomic E-state index is 0.0503. The van der Waals surface area contributed by atoms with Gasteiger partial charge in [0.15, 0.2) is 0 Å². The van der Waals surface area contributed by atoms with Crippen molar-refractivity contribution in [3.05, 3.63) is 115 Å². The third-order valence-electron chi connectivity index (χ3n) is 15.8. The molecule has 0 spiro atoms. The molecule has 8 aromatic heterocycles. The Morgan fingerprint density at radius 3 is 1.16 bits per heavy atom. The van der Waals surface area contributed by atoms with Gasteiger partial charge in [0.25, 0.3) is 0 Å². The molecule has 1 radical (unpaired) electrons. The van der Waals surface area contributed by atoms with E-state index in [9.17, 15) is 0 Å². The van der Waals surface area contributed by atoms with Crippen LogP contribution < -0.4 is 14.2 Å². The molecule has 95 heavy (non-hydrogen) atoms. The summed E-state index contributed by atoms with van der Waals surface area (Å²) in [6, 6.07) is 23.4. The topological polar surface area (TPSA) is 117 Å². The molecule has 8 heterocycles. The second-order valence-corrected chi connectivity index (χ2v) is 36.1. The van der Waals surface area contributed by atoms with E-state index in [1.54, 1.807) is 56.7 Å². The molecule has 3 aromatic carbocycles. The number of halogens is 4. The van der Waals surface area contributed by atoms with Crippen molar-refractivity contribution in [1.29, 1.82) is 0 Å². The Bertz CT molecular complexity index is 3940. The van der Waals surface area contributed by atoms with Crippen LogP contribution >= 0.6 is 133 Å². The Balaban J connectivity index is 0.000000189. The number of aryl methyl sites for hydroxylation is 3. The van der Waals surface area contributed by atoms with Gasteiger partial charge in [-0.3, -0.25) is 0 Å². The van der Waals surface area contributed by atoms with E-state index < -0.39 is 0 Å². The zero-order chi connectivity index (χ0) is 67.6. The Kier molecular flexibility index (Phi) is 38.8. The minimum atomic E-state index is -0.0950. The second-order valence-electron chi connectivity index (χ2n) is 23.0. The summed E-state index contributed by atoms with van der Waals surface area (Å²) in [5.74, 6) is 3.03. The molecule has 11 rings (SSSR count). The number of hydrogen-bond acceptors (Lipinski definition) is 16. The molecule has 0 aliphatic heterocycles. The molecule has 0 fully saturated rings. The number of thiophene rings is 5. The molecule has 11 aromatic rings. The van der Waals surface area contributed by atoms with Gasteiger partial charge in [-0.2, -0.15) is 0 Å². The van der Waals surface area contributed by atoms with E-state index in [0.29, 0.717) is 0 Å². The molecular formula is C71H87BBr4N7O3S6Se3. The first kappa shape index (κ1) is 80.4. The Morgan fingerprint density at radius 1 is 0.389 bits per heavy atom. The van der Waals surface area contributed by atoms with E-state index in [4.69, 9.17) is 30.1 Å². The van der Waals surface area contributed by atoms with Crippen LogP contribution in [0.3, 0.4) is 0 Å². The van der Waals surface area contributed by atoms with Gasteiger partial charge >= 0.3 is 489 Å². The predicted molar refractivity (Wildman–Crippen MR) is 433 cm³/mol. The molecule has 10 nitrogen and oxygen atoms in total. The first-order chi connectivity index (χ1) is 46.4. The molecule has 24 heteroatoms. The van der Waals surface area contributed by atoms with Gasteiger partial charge in [-0.25, -0.2) is 0 Å². The summed E-state index contributed by atoms with van der Waals surface area (Å²) in [6.45, 7) is 15.7. The van der Waals surface area contributed by atoms with Crippen molar-refractivity contribution >= 4 is 219 Å². The van der Waals surface area contributed by atoms with Crippen molar-refractivity contribution in [2.24, 2.45) is 4.30 Å². The van der Waals surface area contributed by atoms with Crippen LogP contribution in [-0.4, -0.2) is 96.2 Å². The molecule has 0 aliphatic carbocycles. The maximum absolute atomic E-state index is 6.26. The molecule has 0 aliphatic rings. The van der Waals surface area contributed by atoms with Gasteiger partial charge in [-0.1, -0.05) is 104 Å². The van der Waals surface area contributed by atoms with Crippen molar-refractivity contribution in [3.8, 4) is 59.0 Å². The number of hydrogen-bond donors (Lipinski definition) is 1. The number of ether oxygens (including phenoxy) is 3. The van der Waals surface area contributed by atoms with E-state index in [1.165, 1.54) is 183 Å². The second kappa shape index (κ2) is 45.8. The molecule has 0 bridgehead atoms. The number of thiol groups is 1. The van der Waals surface area contributed by atoms with Gasteiger partial charge in [-0.15, -0.1) is 11.3 Å². The zero-order valence-electron chi connectivity index (χ0n) is 55.3. The van der Waals surface area contributed by atoms with E-state index >= 15 is 0 Å². The number of nitrogens with zero attached hydrogens (tertiary/aromatic N) is 7. The van der Waals surface area contributed by atoms with Crippen LogP contribution in [0.15, 0.2) is 104 Å². The zero-order valence-corrected chi connectivity index (χ0v) is 71.8. The SMILES string of the molecule is Brc1ccc(Br)c2n[se]nc12.CCCCCCCCCCOc1cc(Br)sc1-c1ccc(-c2sc(Br)cc2C)c2n[se]nc12.CCCCCCCCCCOc1ccsc1-c1ccc(-c2sccc2C)c2n[se]nc12.CCCCCCCCCCOc1ccsc1C.[B]=NS. The molecule has 0 saturated heterocycles. The van der Waals surface area contributed by atoms with Crippen LogP contribution in [-0.2, 0) is 0 Å². The van der Waals surface area contributed by atoms with E-state index in [0.717, 1.165) is 116 Å². The first-order valence-electron chi connectivity index (χ1n) is 33.1. The van der Waals surface area contributed by atoms with Crippen LogP contribution in [0.1, 0.15) is 191 Å². The van der Waals surface area contributed by atoms with Crippen LogP contribution in [0.5, 0.6) is 17.2 Å². The van der Waals surface area contributed by atoms with E-state index in [1.807, 2.05) is 12.1 Å². The molecule has 0 N–H and O–H groups in total. The van der Waals surface area contributed by atoms with Gasteiger partial charge < -0.3 is 4.74 Å². The molecular weight excluding hydrogens is 1760 g/mol. The number of fused-ring (bicyclic) bond motifs is 3. The van der Waals surface area contributed by atoms with Gasteiger partial charge in [0.2, 0.25) is 0 Å². The summed E-state index contributed by atoms with van der Waals surface area (Å²) in [6.07, 6.45) is 31.8. The van der Waals surface area contributed by atoms with Crippen molar-refractivity contribution < 1.29 is 14.2 Å². The average molecular weight is 1850 g/mol. The standard InChI is InChI=1S/C25H28Br2N2OS2Se.C25H30N2OS2Se.C15H26OS.C6H2Br2N2Se.BHNS/c1-3-4-5-6-7-8-9-10-13-30-19-15-21(27)32-25(19)18-12-11-17(22-23(18)29-33-28-22)24-16(2)14-20(26)31-24;1-3-4-5-6-7-8-9-10-15-28-21-14-17-30-25(21)20-12-11-19(22-23(20)27-31-26-22)24-18(2)13-16-29-24;1-3-4-5-6-7-8-9-10-12-16-15-11-13-17-14(15)2;7-3-1-2-4(8)6-5(3)9-11-10-6;1-2-3/h11-12,14-15H,3-10,13H2,1-2H3;11-14,16-17H,3-10,15H2,1-2H3;11,13H,3-10,12H2,1-2H3;1-2H;3H. The van der Waals surface area contributed by atoms with E-state index in [2.05, 4.69) is 209 Å². The average Bonchev–Trinajstić information content (AvgIpc) is 1.65. The Labute approximate surface area is 643 Å². The van der Waals surface area contributed by atoms with Gasteiger partial charge in [0, 0.05) is 4.88 Å². The van der Waals surface area contributed by atoms with Crippen LogP contribution in [0.4, 0.5) is 0 Å². The van der Waals surface area contributed by atoms with E-state index in [-0.39, 0.29) is 44.9 Å². The third-order valence-corrected chi connectivity index (χ3v) is 26.6. The van der Waals surface area contributed by atoms with Gasteiger partial charge in [0.1, 0.15) is 5.75 Å². The Morgan fingerprint density at radius 2 is 0.737 bits per heavy atom. The first-order valence-corrected chi connectivity index (χ1v) is 45.6. The van der Waals surface area contributed by atoms with Crippen LogP contribution in [0.2, 0.25) is 0 Å². The fourth-order valence-electron chi connectivity index (χ4n) is 10.7. The monoisotopic (exact) mass is 1840 g/mol. The molecule has 0 atom stereocenters. The van der Waals surface area contributed by atoms with Crippen LogP contribution in [0.25, 0.3) is 74.9 Å². The fraction of sp³-hybridized carbons (Fsp3) is 0.465. The molecule has 509 valence electrons.